The summed E-state index contributed by atoms with van der Waals surface area (Å²) in [5.41, 5.74) is 3.46. The minimum atomic E-state index is -0.520. The molecule has 6 heteroatoms. The zero-order valence-corrected chi connectivity index (χ0v) is 17.8. The summed E-state index contributed by atoms with van der Waals surface area (Å²) in [6.07, 6.45) is 3.46. The van der Waals surface area contributed by atoms with Crippen LogP contribution < -0.4 is 10.3 Å². The molecule has 4 aromatic rings. The van der Waals surface area contributed by atoms with Crippen LogP contribution in [0.2, 0.25) is 0 Å². The number of carbonyl (C=O) groups excluding carboxylic acids is 1. The number of ether oxygens (including phenoxy) is 2. The molecule has 2 aromatic heterocycles. The van der Waals surface area contributed by atoms with E-state index in [0.717, 1.165) is 11.1 Å². The Labute approximate surface area is 185 Å². The number of aromatic nitrogens is 2. The maximum Gasteiger partial charge on any atom is 0.339 e. The van der Waals surface area contributed by atoms with Crippen LogP contribution in [0.4, 0.5) is 0 Å². The number of nitrogens with zero attached hydrogens (tertiary/aromatic N) is 2. The summed E-state index contributed by atoms with van der Waals surface area (Å²) in [5.74, 6) is 0.126. The molecule has 0 saturated heterocycles. The van der Waals surface area contributed by atoms with Crippen LogP contribution in [0.15, 0.2) is 83.8 Å². The summed E-state index contributed by atoms with van der Waals surface area (Å²) in [7, 11) is 1.58. The molecule has 0 amide bonds. The smallest absolute Gasteiger partial charge is 0.339 e. The van der Waals surface area contributed by atoms with E-state index in [4.69, 9.17) is 9.47 Å². The number of hydrogen-bond donors (Lipinski definition) is 0. The first-order chi connectivity index (χ1) is 15.5. The first-order valence-corrected chi connectivity index (χ1v) is 10.1. The highest BCUT2D eigenvalue weighted by Gasteiger charge is 2.16. The molecule has 0 N–H and O–H groups in total. The van der Waals surface area contributed by atoms with Gasteiger partial charge in [0, 0.05) is 17.8 Å². The summed E-state index contributed by atoms with van der Waals surface area (Å²) < 4.78 is 12.4. The Bertz CT molecular complexity index is 1360. The van der Waals surface area contributed by atoms with E-state index in [1.54, 1.807) is 25.4 Å². The number of hydrogen-bond acceptors (Lipinski definition) is 5. The highest BCUT2D eigenvalue weighted by atomic mass is 16.5. The molecule has 2 heterocycles. The molecule has 0 aliphatic rings. The van der Waals surface area contributed by atoms with Gasteiger partial charge >= 0.3 is 5.97 Å². The molecule has 0 aliphatic carbocycles. The zero-order chi connectivity index (χ0) is 22.5. The Hall–Kier alpha value is -4.19. The second kappa shape index (κ2) is 9.31. The van der Waals surface area contributed by atoms with Gasteiger partial charge in [-0.05, 0) is 36.3 Å². The molecule has 2 aromatic carbocycles. The van der Waals surface area contributed by atoms with Gasteiger partial charge in [-0.2, -0.15) is 0 Å². The van der Waals surface area contributed by atoms with Crippen LogP contribution in [0.25, 0.3) is 17.3 Å². The van der Waals surface area contributed by atoms with Crippen molar-refractivity contribution in [2.75, 3.05) is 7.11 Å². The van der Waals surface area contributed by atoms with Crippen molar-refractivity contribution in [1.29, 1.82) is 0 Å². The van der Waals surface area contributed by atoms with Crippen molar-refractivity contribution < 1.29 is 14.3 Å². The van der Waals surface area contributed by atoms with Gasteiger partial charge in [0.05, 0.1) is 18.4 Å². The fourth-order valence-corrected chi connectivity index (χ4v) is 3.37. The van der Waals surface area contributed by atoms with Crippen molar-refractivity contribution in [3.8, 4) is 5.75 Å². The third-order valence-corrected chi connectivity index (χ3v) is 4.96. The maximum absolute atomic E-state index is 13.1. The lowest BCUT2D eigenvalue weighted by molar-refractivity contribution is -0.137. The van der Waals surface area contributed by atoms with Gasteiger partial charge in [0.2, 0.25) is 0 Å². The van der Waals surface area contributed by atoms with Crippen molar-refractivity contribution in [1.82, 2.24) is 9.38 Å². The highest BCUT2D eigenvalue weighted by molar-refractivity contribution is 6.21. The summed E-state index contributed by atoms with van der Waals surface area (Å²) >= 11 is 0. The predicted octanol–water partition coefficient (Wildman–Crippen LogP) is 4.30. The van der Waals surface area contributed by atoms with Crippen LogP contribution in [0.3, 0.4) is 0 Å². The number of aryl methyl sites for hydroxylation is 1. The van der Waals surface area contributed by atoms with Gasteiger partial charge in [-0.15, -0.1) is 0 Å². The quantitative estimate of drug-likeness (QED) is 0.261. The van der Waals surface area contributed by atoms with E-state index in [0.29, 0.717) is 28.2 Å². The van der Waals surface area contributed by atoms with Crippen LogP contribution in [-0.4, -0.2) is 22.5 Å². The molecule has 0 bridgehead atoms. The average Bonchev–Trinajstić information content (AvgIpc) is 2.82. The molecular weight excluding hydrogens is 404 g/mol. The van der Waals surface area contributed by atoms with Crippen LogP contribution >= 0.6 is 0 Å². The minimum absolute atomic E-state index is 0.117. The summed E-state index contributed by atoms with van der Waals surface area (Å²) in [6.45, 7) is 1.79. The fraction of sp³-hybridized carbons (Fsp3) is 0.115. The van der Waals surface area contributed by atoms with Gasteiger partial charge in [0.25, 0.3) is 5.56 Å². The van der Waals surface area contributed by atoms with Crippen LogP contribution in [0, 0.1) is 6.92 Å². The Balaban J connectivity index is 1.64. The lowest BCUT2D eigenvalue weighted by Crippen LogP contribution is -2.17. The number of carbonyl (C=O) groups is 1. The Kier molecular flexibility index (Phi) is 6.12. The summed E-state index contributed by atoms with van der Waals surface area (Å²) in [5, 5.41) is 0. The first kappa shape index (κ1) is 21.1. The minimum Gasteiger partial charge on any atom is -0.496 e. The first-order valence-electron chi connectivity index (χ1n) is 10.1. The predicted molar refractivity (Wildman–Crippen MR) is 123 cm³/mol. The molecule has 0 radical (unpaired) electrons. The van der Waals surface area contributed by atoms with E-state index in [-0.39, 0.29) is 12.2 Å². The summed E-state index contributed by atoms with van der Waals surface area (Å²) in [6, 6.07) is 21.7. The SMILES string of the molecule is COc1ccccc1/C=C(/C(=O)OCc1cc(=O)n2cc(C)ccc2n1)c1ccccc1. The number of fused-ring (bicyclic) bond motifs is 1. The molecule has 0 fully saturated rings. The third kappa shape index (κ3) is 4.59. The fourth-order valence-electron chi connectivity index (χ4n) is 3.37. The Morgan fingerprint density at radius 2 is 1.78 bits per heavy atom. The van der Waals surface area contributed by atoms with Gasteiger partial charge in [0.15, 0.2) is 0 Å². The second-order valence-corrected chi connectivity index (χ2v) is 7.26. The topological polar surface area (TPSA) is 69.9 Å². The van der Waals surface area contributed by atoms with Gasteiger partial charge < -0.3 is 9.47 Å². The number of rotatable bonds is 6. The molecule has 32 heavy (non-hydrogen) atoms. The van der Waals surface area contributed by atoms with E-state index in [2.05, 4.69) is 4.98 Å². The zero-order valence-electron chi connectivity index (χ0n) is 17.8. The number of benzene rings is 2. The van der Waals surface area contributed by atoms with Crippen LogP contribution in [-0.2, 0) is 16.1 Å². The van der Waals surface area contributed by atoms with E-state index in [1.165, 1.54) is 10.5 Å². The lowest BCUT2D eigenvalue weighted by Gasteiger charge is -2.11. The molecule has 0 saturated carbocycles. The normalized spacial score (nSPS) is 11.4. The standard InChI is InChI=1S/C26H22N2O4/c1-18-12-13-24-27-21(15-25(29)28(24)16-18)17-32-26(30)22(19-8-4-3-5-9-19)14-20-10-6-7-11-23(20)31-2/h3-16H,17H2,1-2H3/b22-14+. The molecule has 0 aliphatic heterocycles. The van der Waals surface area contributed by atoms with Crippen LogP contribution in [0.5, 0.6) is 5.75 Å². The van der Waals surface area contributed by atoms with E-state index in [9.17, 15) is 9.59 Å². The molecule has 6 nitrogen and oxygen atoms in total. The van der Waals surface area contributed by atoms with Gasteiger partial charge in [0.1, 0.15) is 18.0 Å². The molecule has 4 rings (SSSR count). The lowest BCUT2D eigenvalue weighted by atomic mass is 10.0. The average molecular weight is 426 g/mol. The Morgan fingerprint density at radius 3 is 2.56 bits per heavy atom. The van der Waals surface area contributed by atoms with Gasteiger partial charge in [-0.1, -0.05) is 54.6 Å². The van der Waals surface area contributed by atoms with Crippen molar-refractivity contribution in [2.24, 2.45) is 0 Å². The second-order valence-electron chi connectivity index (χ2n) is 7.26. The number of methoxy groups -OCH3 is 1. The Morgan fingerprint density at radius 1 is 1.03 bits per heavy atom. The number of esters is 1. The number of pyridine rings is 1. The summed E-state index contributed by atoms with van der Waals surface area (Å²) in [4.78, 5) is 29.9. The van der Waals surface area contributed by atoms with E-state index in [1.807, 2.05) is 67.6 Å². The van der Waals surface area contributed by atoms with E-state index >= 15 is 0 Å². The van der Waals surface area contributed by atoms with E-state index < -0.39 is 5.97 Å². The molecular formula is C26H22N2O4. The monoisotopic (exact) mass is 426 g/mol. The van der Waals surface area contributed by atoms with Crippen LogP contribution in [0.1, 0.15) is 22.4 Å². The highest BCUT2D eigenvalue weighted by Crippen LogP contribution is 2.25. The third-order valence-electron chi connectivity index (χ3n) is 4.96. The molecule has 160 valence electrons. The largest absolute Gasteiger partial charge is 0.496 e. The van der Waals surface area contributed by atoms with Crippen molar-refractivity contribution in [2.45, 2.75) is 13.5 Å². The maximum atomic E-state index is 13.1. The van der Waals surface area contributed by atoms with Crippen molar-refractivity contribution in [3.63, 3.8) is 0 Å². The number of para-hydroxylation sites is 1. The molecule has 0 unspecified atom stereocenters. The van der Waals surface area contributed by atoms with Crippen molar-refractivity contribution >= 4 is 23.3 Å². The van der Waals surface area contributed by atoms with Crippen molar-refractivity contribution in [3.05, 3.63) is 112 Å². The van der Waals surface area contributed by atoms with Gasteiger partial charge in [-0.25, -0.2) is 9.78 Å². The van der Waals surface area contributed by atoms with Gasteiger partial charge in [-0.3, -0.25) is 9.20 Å². The molecule has 0 spiro atoms. The molecule has 0 atom stereocenters.